The Morgan fingerprint density at radius 2 is 2.15 bits per heavy atom. The summed E-state index contributed by atoms with van der Waals surface area (Å²) in [7, 11) is 0. The van der Waals surface area contributed by atoms with Crippen LogP contribution < -0.4 is 5.32 Å². The molecule has 4 rings (SSSR count). The normalized spacial score (nSPS) is 14.2. The van der Waals surface area contributed by atoms with Gasteiger partial charge in [-0.3, -0.25) is 4.79 Å². The van der Waals surface area contributed by atoms with Crippen molar-refractivity contribution in [1.29, 1.82) is 0 Å². The molecule has 1 aromatic carbocycles. The van der Waals surface area contributed by atoms with E-state index < -0.39 is 0 Å². The molecule has 1 fully saturated rings. The number of benzene rings is 1. The second kappa shape index (κ2) is 7.15. The fourth-order valence-corrected chi connectivity index (χ4v) is 3.14. The van der Waals surface area contributed by atoms with Crippen molar-refractivity contribution in [2.24, 2.45) is 0 Å². The summed E-state index contributed by atoms with van der Waals surface area (Å²) in [4.78, 5) is 12.3. The molecule has 134 valence electrons. The molecule has 2 heterocycles. The van der Waals surface area contributed by atoms with Gasteiger partial charge in [0.25, 0.3) is 5.89 Å². The van der Waals surface area contributed by atoms with E-state index in [1.807, 2.05) is 48.0 Å². The Morgan fingerprint density at radius 3 is 2.92 bits per heavy atom. The summed E-state index contributed by atoms with van der Waals surface area (Å²) in [5.41, 5.74) is 3.05. The molecule has 0 radical (unpaired) electrons. The van der Waals surface area contributed by atoms with Crippen LogP contribution in [0.15, 0.2) is 47.0 Å². The molecule has 0 atom stereocenters. The van der Waals surface area contributed by atoms with E-state index in [4.69, 9.17) is 4.42 Å². The molecule has 1 aliphatic rings. The van der Waals surface area contributed by atoms with Gasteiger partial charge in [-0.25, -0.2) is 0 Å². The van der Waals surface area contributed by atoms with Crippen molar-refractivity contribution in [2.75, 3.05) is 0 Å². The van der Waals surface area contributed by atoms with Gasteiger partial charge < -0.3 is 14.3 Å². The minimum absolute atomic E-state index is 0.0531. The summed E-state index contributed by atoms with van der Waals surface area (Å²) in [5.74, 6) is 1.53. The average molecular weight is 350 g/mol. The summed E-state index contributed by atoms with van der Waals surface area (Å²) in [6.45, 7) is 2.78. The van der Waals surface area contributed by atoms with Crippen LogP contribution in [0.4, 0.5) is 0 Å². The van der Waals surface area contributed by atoms with E-state index in [2.05, 4.69) is 21.6 Å². The quantitative estimate of drug-likeness (QED) is 0.739. The Morgan fingerprint density at radius 1 is 1.27 bits per heavy atom. The van der Waals surface area contributed by atoms with Gasteiger partial charge in [-0.05, 0) is 37.5 Å². The summed E-state index contributed by atoms with van der Waals surface area (Å²) in [6, 6.07) is 11.9. The van der Waals surface area contributed by atoms with Gasteiger partial charge >= 0.3 is 0 Å². The Hall–Kier alpha value is -2.89. The number of carbonyl (C=O) groups excluding carboxylic acids is 1. The van der Waals surface area contributed by atoms with Crippen LogP contribution in [-0.2, 0) is 17.9 Å². The van der Waals surface area contributed by atoms with Crippen molar-refractivity contribution in [2.45, 2.75) is 45.2 Å². The zero-order valence-corrected chi connectivity index (χ0v) is 14.8. The van der Waals surface area contributed by atoms with Crippen molar-refractivity contribution in [3.05, 3.63) is 59.6 Å². The minimum atomic E-state index is -0.0531. The standard InChI is InChI=1S/C20H22N4O2/c1-14-5-2-6-15(11-14)12-21-18(25)13-24-10-4-9-17(24)20-23-22-19(26-20)16-7-3-8-16/h2,4-6,9-11,16H,3,7-8,12-13H2,1H3,(H,21,25). The molecule has 26 heavy (non-hydrogen) atoms. The van der Waals surface area contributed by atoms with Crippen LogP contribution in [0.25, 0.3) is 11.6 Å². The molecule has 1 N–H and O–H groups in total. The van der Waals surface area contributed by atoms with Crippen LogP contribution in [0, 0.1) is 6.92 Å². The third kappa shape index (κ3) is 3.54. The lowest BCUT2D eigenvalue weighted by atomic mass is 9.85. The van der Waals surface area contributed by atoms with Gasteiger partial charge in [-0.2, -0.15) is 0 Å². The molecule has 3 aromatic rings. The first-order valence-corrected chi connectivity index (χ1v) is 9.00. The molecular weight excluding hydrogens is 328 g/mol. The van der Waals surface area contributed by atoms with E-state index in [0.29, 0.717) is 24.2 Å². The Bertz CT molecular complexity index is 908. The second-order valence-electron chi connectivity index (χ2n) is 6.86. The first kappa shape index (κ1) is 16.6. The number of rotatable bonds is 6. The smallest absolute Gasteiger partial charge is 0.264 e. The highest BCUT2D eigenvalue weighted by atomic mass is 16.4. The zero-order valence-electron chi connectivity index (χ0n) is 14.8. The number of amides is 1. The Labute approximate surface area is 152 Å². The van der Waals surface area contributed by atoms with Gasteiger partial charge in [-0.15, -0.1) is 10.2 Å². The molecule has 6 heteroatoms. The third-order valence-corrected chi connectivity index (χ3v) is 4.83. The molecule has 0 spiro atoms. The number of hydrogen-bond acceptors (Lipinski definition) is 4. The van der Waals surface area contributed by atoms with Crippen molar-refractivity contribution in [3.63, 3.8) is 0 Å². The lowest BCUT2D eigenvalue weighted by Crippen LogP contribution is -2.27. The third-order valence-electron chi connectivity index (χ3n) is 4.83. The van der Waals surface area contributed by atoms with Gasteiger partial charge in [0.05, 0.1) is 0 Å². The van der Waals surface area contributed by atoms with Crippen LogP contribution in [0.3, 0.4) is 0 Å². The molecule has 6 nitrogen and oxygen atoms in total. The molecule has 1 saturated carbocycles. The fourth-order valence-electron chi connectivity index (χ4n) is 3.14. The fraction of sp³-hybridized carbons (Fsp3) is 0.350. The first-order valence-electron chi connectivity index (χ1n) is 9.00. The minimum Gasteiger partial charge on any atom is -0.419 e. The summed E-state index contributed by atoms with van der Waals surface area (Å²) >= 11 is 0. The number of aromatic nitrogens is 3. The maximum absolute atomic E-state index is 12.3. The maximum atomic E-state index is 12.3. The van der Waals surface area contributed by atoms with Gasteiger partial charge in [-0.1, -0.05) is 36.2 Å². The monoisotopic (exact) mass is 350 g/mol. The van der Waals surface area contributed by atoms with Crippen molar-refractivity contribution in [1.82, 2.24) is 20.1 Å². The molecule has 1 amide bonds. The summed E-state index contributed by atoms with van der Waals surface area (Å²) in [6.07, 6.45) is 5.31. The van der Waals surface area contributed by atoms with Gasteiger partial charge in [0.2, 0.25) is 11.8 Å². The van der Waals surface area contributed by atoms with Gasteiger partial charge in [0, 0.05) is 18.7 Å². The first-order chi connectivity index (χ1) is 12.7. The molecule has 1 aliphatic carbocycles. The van der Waals surface area contributed by atoms with Crippen molar-refractivity contribution >= 4 is 5.91 Å². The lowest BCUT2D eigenvalue weighted by Gasteiger charge is -2.20. The van der Waals surface area contributed by atoms with E-state index >= 15 is 0 Å². The SMILES string of the molecule is Cc1cccc(CNC(=O)Cn2cccc2-c2nnc(C3CCC3)o2)c1. The van der Waals surface area contributed by atoms with E-state index in [0.717, 1.165) is 24.1 Å². The Kier molecular flexibility index (Phi) is 4.56. The zero-order chi connectivity index (χ0) is 17.9. The van der Waals surface area contributed by atoms with Crippen LogP contribution in [0.5, 0.6) is 0 Å². The highest BCUT2D eigenvalue weighted by Gasteiger charge is 2.26. The number of nitrogens with zero attached hydrogens (tertiary/aromatic N) is 3. The topological polar surface area (TPSA) is 73.0 Å². The number of aryl methyl sites for hydroxylation is 1. The summed E-state index contributed by atoms with van der Waals surface area (Å²) < 4.78 is 7.66. The van der Waals surface area contributed by atoms with Gasteiger partial charge in [0.15, 0.2) is 0 Å². The van der Waals surface area contributed by atoms with Crippen LogP contribution >= 0.6 is 0 Å². The molecule has 2 aromatic heterocycles. The van der Waals surface area contributed by atoms with Crippen molar-refractivity contribution < 1.29 is 9.21 Å². The highest BCUT2D eigenvalue weighted by molar-refractivity contribution is 5.76. The number of carbonyl (C=O) groups is 1. The average Bonchev–Trinajstić information content (AvgIpc) is 3.21. The van der Waals surface area contributed by atoms with Crippen molar-refractivity contribution in [3.8, 4) is 11.6 Å². The van der Waals surface area contributed by atoms with E-state index in [9.17, 15) is 4.79 Å². The van der Waals surface area contributed by atoms with Crippen LogP contribution in [0.2, 0.25) is 0 Å². The maximum Gasteiger partial charge on any atom is 0.264 e. The second-order valence-corrected chi connectivity index (χ2v) is 6.86. The van der Waals surface area contributed by atoms with Gasteiger partial charge in [0.1, 0.15) is 12.2 Å². The van der Waals surface area contributed by atoms with E-state index in [1.165, 1.54) is 12.0 Å². The van der Waals surface area contributed by atoms with Crippen LogP contribution in [-0.4, -0.2) is 20.7 Å². The Balaban J connectivity index is 1.40. The molecule has 0 unspecified atom stereocenters. The van der Waals surface area contributed by atoms with E-state index in [-0.39, 0.29) is 12.5 Å². The predicted octanol–water partition coefficient (Wildman–Crippen LogP) is 3.43. The number of hydrogen-bond donors (Lipinski definition) is 1. The summed E-state index contributed by atoms with van der Waals surface area (Å²) in [5, 5.41) is 11.3. The number of nitrogens with one attached hydrogen (secondary N) is 1. The molecule has 0 aliphatic heterocycles. The largest absolute Gasteiger partial charge is 0.419 e. The van der Waals surface area contributed by atoms with Crippen LogP contribution in [0.1, 0.15) is 42.2 Å². The molecule has 0 saturated heterocycles. The molecule has 0 bridgehead atoms. The highest BCUT2D eigenvalue weighted by Crippen LogP contribution is 2.36. The predicted molar refractivity (Wildman–Crippen MR) is 97.3 cm³/mol. The lowest BCUT2D eigenvalue weighted by molar-refractivity contribution is -0.121. The van der Waals surface area contributed by atoms with E-state index in [1.54, 1.807) is 0 Å². The molecular formula is C20H22N4O2.